The van der Waals surface area contributed by atoms with E-state index in [-0.39, 0.29) is 4.90 Å². The summed E-state index contributed by atoms with van der Waals surface area (Å²) in [7, 11) is -1.66. The summed E-state index contributed by atoms with van der Waals surface area (Å²) < 4.78 is 30.2. The molecular weight excluding hydrogens is 348 g/mol. The molecule has 0 saturated heterocycles. The molecule has 3 aromatic rings. The molecule has 0 fully saturated rings. The highest BCUT2D eigenvalue weighted by molar-refractivity contribution is 7.90. The van der Waals surface area contributed by atoms with Crippen molar-refractivity contribution < 1.29 is 13.2 Å². The highest BCUT2D eigenvalue weighted by Gasteiger charge is 2.11. The topological polar surface area (TPSA) is 61.2 Å². The summed E-state index contributed by atoms with van der Waals surface area (Å²) >= 11 is 6.19. The van der Waals surface area contributed by atoms with Gasteiger partial charge in [0.1, 0.15) is 5.75 Å². The first-order chi connectivity index (χ1) is 11.4. The van der Waals surface area contributed by atoms with E-state index in [1.165, 1.54) is 6.26 Å². The van der Waals surface area contributed by atoms with Crippen molar-refractivity contribution in [1.82, 2.24) is 9.55 Å². The molecule has 0 atom stereocenters. The standard InChI is InChI=1S/C17H15ClN2O3S/c1-23-17-8-3-12(9-15(17)18)16-10-19-11-20(16)13-4-6-14(7-5-13)24(2,21)22/h3-11H,1-2H3. The molecule has 0 spiro atoms. The Morgan fingerprint density at radius 1 is 1.12 bits per heavy atom. The monoisotopic (exact) mass is 362 g/mol. The Bertz CT molecular complexity index is 979. The Balaban J connectivity index is 2.03. The molecule has 0 saturated carbocycles. The third kappa shape index (κ3) is 3.16. The fourth-order valence-corrected chi connectivity index (χ4v) is 3.28. The molecule has 0 amide bonds. The maximum absolute atomic E-state index is 11.6. The van der Waals surface area contributed by atoms with Crippen LogP contribution in [0.1, 0.15) is 0 Å². The summed E-state index contributed by atoms with van der Waals surface area (Å²) in [5, 5.41) is 0.509. The van der Waals surface area contributed by atoms with Crippen molar-refractivity contribution in [3.05, 3.63) is 60.0 Å². The molecule has 0 radical (unpaired) electrons. The van der Waals surface area contributed by atoms with Crippen molar-refractivity contribution in [2.45, 2.75) is 4.90 Å². The number of rotatable bonds is 4. The summed E-state index contributed by atoms with van der Waals surface area (Å²) in [6, 6.07) is 12.1. The second-order valence-electron chi connectivity index (χ2n) is 5.26. The maximum Gasteiger partial charge on any atom is 0.175 e. The summed E-state index contributed by atoms with van der Waals surface area (Å²) in [6.07, 6.45) is 4.58. The Kier molecular flexibility index (Phi) is 4.34. The number of hydrogen-bond donors (Lipinski definition) is 0. The number of methoxy groups -OCH3 is 1. The molecule has 0 aliphatic rings. The lowest BCUT2D eigenvalue weighted by molar-refractivity contribution is 0.415. The van der Waals surface area contributed by atoms with Gasteiger partial charge >= 0.3 is 0 Å². The highest BCUT2D eigenvalue weighted by Crippen LogP contribution is 2.31. The lowest BCUT2D eigenvalue weighted by Gasteiger charge is -2.10. The number of nitrogens with zero attached hydrogens (tertiary/aromatic N) is 2. The second kappa shape index (κ2) is 6.30. The minimum Gasteiger partial charge on any atom is -0.495 e. The van der Waals surface area contributed by atoms with Gasteiger partial charge in [0.25, 0.3) is 0 Å². The second-order valence-corrected chi connectivity index (χ2v) is 7.69. The van der Waals surface area contributed by atoms with Crippen LogP contribution in [0, 0.1) is 0 Å². The fourth-order valence-electron chi connectivity index (χ4n) is 2.39. The first-order valence-electron chi connectivity index (χ1n) is 7.07. The van der Waals surface area contributed by atoms with Gasteiger partial charge in [0.2, 0.25) is 0 Å². The van der Waals surface area contributed by atoms with Crippen LogP contribution in [0.2, 0.25) is 5.02 Å². The molecule has 0 N–H and O–H groups in total. The van der Waals surface area contributed by atoms with Crippen LogP contribution < -0.4 is 4.74 Å². The number of ether oxygens (including phenoxy) is 1. The van der Waals surface area contributed by atoms with Gasteiger partial charge in [0, 0.05) is 17.5 Å². The zero-order valence-corrected chi connectivity index (χ0v) is 14.7. The molecule has 3 rings (SSSR count). The molecule has 1 heterocycles. The molecule has 0 bridgehead atoms. The van der Waals surface area contributed by atoms with Crippen molar-refractivity contribution in [2.75, 3.05) is 13.4 Å². The van der Waals surface area contributed by atoms with E-state index >= 15 is 0 Å². The van der Waals surface area contributed by atoms with Crippen molar-refractivity contribution in [3.8, 4) is 22.7 Å². The van der Waals surface area contributed by atoms with E-state index in [9.17, 15) is 8.42 Å². The van der Waals surface area contributed by atoms with Crippen LogP contribution >= 0.6 is 11.6 Å². The minimum atomic E-state index is -3.22. The molecule has 5 nitrogen and oxygen atoms in total. The summed E-state index contributed by atoms with van der Waals surface area (Å²) in [4.78, 5) is 4.47. The van der Waals surface area contributed by atoms with Crippen LogP contribution in [0.4, 0.5) is 0 Å². The van der Waals surface area contributed by atoms with Crippen LogP contribution in [-0.4, -0.2) is 31.3 Å². The molecule has 24 heavy (non-hydrogen) atoms. The van der Waals surface area contributed by atoms with E-state index in [1.807, 2.05) is 10.6 Å². The summed E-state index contributed by atoms with van der Waals surface area (Å²) in [6.45, 7) is 0. The zero-order valence-electron chi connectivity index (χ0n) is 13.1. The first kappa shape index (κ1) is 16.5. The minimum absolute atomic E-state index is 0.278. The predicted molar refractivity (Wildman–Crippen MR) is 93.7 cm³/mol. The van der Waals surface area contributed by atoms with Gasteiger partial charge in [0.05, 0.1) is 35.2 Å². The number of benzene rings is 2. The number of sulfone groups is 1. The number of halogens is 1. The smallest absolute Gasteiger partial charge is 0.175 e. The molecule has 1 aromatic heterocycles. The van der Waals surface area contributed by atoms with Crippen molar-refractivity contribution in [2.24, 2.45) is 0 Å². The van der Waals surface area contributed by atoms with Crippen LogP contribution in [-0.2, 0) is 9.84 Å². The van der Waals surface area contributed by atoms with Gasteiger partial charge in [-0.15, -0.1) is 0 Å². The van der Waals surface area contributed by atoms with E-state index in [0.717, 1.165) is 16.9 Å². The van der Waals surface area contributed by atoms with Crippen molar-refractivity contribution in [1.29, 1.82) is 0 Å². The predicted octanol–water partition coefficient (Wildman–Crippen LogP) is 3.60. The quantitative estimate of drug-likeness (QED) is 0.711. The lowest BCUT2D eigenvalue weighted by Crippen LogP contribution is -1.99. The van der Waals surface area contributed by atoms with Crippen molar-refractivity contribution in [3.63, 3.8) is 0 Å². The van der Waals surface area contributed by atoms with Crippen LogP contribution in [0.3, 0.4) is 0 Å². The SMILES string of the molecule is COc1ccc(-c2cncn2-c2ccc(S(C)(=O)=O)cc2)cc1Cl. The molecule has 0 aliphatic carbocycles. The molecular formula is C17H15ClN2O3S. The Morgan fingerprint density at radius 3 is 2.42 bits per heavy atom. The summed E-state index contributed by atoms with van der Waals surface area (Å²) in [5.74, 6) is 0.601. The molecule has 7 heteroatoms. The Labute approximate surface area is 145 Å². The summed E-state index contributed by atoms with van der Waals surface area (Å²) in [5.41, 5.74) is 2.53. The maximum atomic E-state index is 11.6. The van der Waals surface area contributed by atoms with Gasteiger partial charge in [-0.05, 0) is 42.5 Å². The van der Waals surface area contributed by atoms with Gasteiger partial charge < -0.3 is 4.74 Å². The fraction of sp³-hybridized carbons (Fsp3) is 0.118. The largest absolute Gasteiger partial charge is 0.495 e. The van der Waals surface area contributed by atoms with E-state index in [4.69, 9.17) is 16.3 Å². The number of imidazole rings is 1. The van der Waals surface area contributed by atoms with Crippen LogP contribution in [0.5, 0.6) is 5.75 Å². The van der Waals surface area contributed by atoms with E-state index in [2.05, 4.69) is 4.98 Å². The van der Waals surface area contributed by atoms with E-state index in [1.54, 1.807) is 56.0 Å². The third-order valence-corrected chi connectivity index (χ3v) is 5.05. The van der Waals surface area contributed by atoms with Gasteiger partial charge in [-0.25, -0.2) is 13.4 Å². The third-order valence-electron chi connectivity index (χ3n) is 3.63. The molecule has 0 aliphatic heterocycles. The number of hydrogen-bond acceptors (Lipinski definition) is 4. The van der Waals surface area contributed by atoms with Gasteiger partial charge in [-0.2, -0.15) is 0 Å². The Morgan fingerprint density at radius 2 is 1.83 bits per heavy atom. The van der Waals surface area contributed by atoms with Gasteiger partial charge in [-0.3, -0.25) is 4.57 Å². The number of aromatic nitrogens is 2. The van der Waals surface area contributed by atoms with Crippen LogP contribution in [0.15, 0.2) is 59.9 Å². The van der Waals surface area contributed by atoms with E-state index in [0.29, 0.717) is 10.8 Å². The van der Waals surface area contributed by atoms with Crippen molar-refractivity contribution >= 4 is 21.4 Å². The normalized spacial score (nSPS) is 11.5. The average molecular weight is 363 g/mol. The Hall–Kier alpha value is -2.31. The average Bonchev–Trinajstić information content (AvgIpc) is 3.03. The van der Waals surface area contributed by atoms with Crippen LogP contribution in [0.25, 0.3) is 16.9 Å². The van der Waals surface area contributed by atoms with Gasteiger partial charge in [0.15, 0.2) is 9.84 Å². The first-order valence-corrected chi connectivity index (χ1v) is 9.34. The van der Waals surface area contributed by atoms with Gasteiger partial charge in [-0.1, -0.05) is 11.6 Å². The molecule has 124 valence electrons. The molecule has 0 unspecified atom stereocenters. The highest BCUT2D eigenvalue weighted by atomic mass is 35.5. The zero-order chi connectivity index (χ0) is 17.3. The lowest BCUT2D eigenvalue weighted by atomic mass is 10.1. The van der Waals surface area contributed by atoms with E-state index < -0.39 is 9.84 Å². The molecule has 2 aromatic carbocycles.